The molecule has 2 aromatic carbocycles. The zero-order chi connectivity index (χ0) is 14.8. The molecular weight excluding hydrogens is 310 g/mol. The maximum absolute atomic E-state index is 9.92. The summed E-state index contributed by atoms with van der Waals surface area (Å²) in [7, 11) is 1.61. The first kappa shape index (κ1) is 13.9. The lowest BCUT2D eigenvalue weighted by molar-refractivity contribution is 0.415. The third kappa shape index (κ3) is 3.01. The van der Waals surface area contributed by atoms with Gasteiger partial charge in [0.1, 0.15) is 17.2 Å². The Labute approximate surface area is 131 Å². The molecule has 0 bridgehead atoms. The SMILES string of the molecule is COc1cccc(NC2=Nc3c(O)cc(Cl)cc3SN2)c1. The van der Waals surface area contributed by atoms with E-state index in [9.17, 15) is 5.11 Å². The number of nitrogens with zero attached hydrogens (tertiary/aromatic N) is 1. The van der Waals surface area contributed by atoms with Crippen LogP contribution in [0.5, 0.6) is 11.5 Å². The highest BCUT2D eigenvalue weighted by Gasteiger charge is 2.17. The van der Waals surface area contributed by atoms with Gasteiger partial charge in [-0.15, -0.1) is 0 Å². The number of nitrogens with one attached hydrogen (secondary N) is 2. The number of halogens is 1. The van der Waals surface area contributed by atoms with Crippen molar-refractivity contribution in [1.82, 2.24) is 4.72 Å². The molecule has 0 atom stereocenters. The molecule has 0 amide bonds. The van der Waals surface area contributed by atoms with Gasteiger partial charge in [0.25, 0.3) is 0 Å². The van der Waals surface area contributed by atoms with Crippen LogP contribution in [0.4, 0.5) is 11.4 Å². The van der Waals surface area contributed by atoms with Gasteiger partial charge in [-0.05, 0) is 30.1 Å². The fourth-order valence-corrected chi connectivity index (χ4v) is 2.89. The highest BCUT2D eigenvalue weighted by molar-refractivity contribution is 7.98. The van der Waals surface area contributed by atoms with E-state index < -0.39 is 0 Å². The van der Waals surface area contributed by atoms with E-state index in [0.717, 1.165) is 16.3 Å². The van der Waals surface area contributed by atoms with Crippen molar-refractivity contribution in [2.24, 2.45) is 4.99 Å². The average Bonchev–Trinajstić information content (AvgIpc) is 2.48. The Morgan fingerprint density at radius 3 is 3.00 bits per heavy atom. The molecule has 0 saturated heterocycles. The van der Waals surface area contributed by atoms with Crippen molar-refractivity contribution in [1.29, 1.82) is 0 Å². The number of rotatable bonds is 2. The van der Waals surface area contributed by atoms with E-state index in [1.165, 1.54) is 18.0 Å². The molecular formula is C14H12ClN3O2S. The maximum atomic E-state index is 9.92. The lowest BCUT2D eigenvalue weighted by Crippen LogP contribution is -2.26. The Kier molecular flexibility index (Phi) is 3.81. The van der Waals surface area contributed by atoms with E-state index in [1.54, 1.807) is 13.2 Å². The Morgan fingerprint density at radius 1 is 1.33 bits per heavy atom. The standard InChI is InChI=1S/C14H12ClN3O2S/c1-20-10-4-2-3-9(7-10)16-14-17-13-11(19)5-8(15)6-12(13)21-18-14/h2-7,19H,1H3,(H2,16,17,18). The summed E-state index contributed by atoms with van der Waals surface area (Å²) >= 11 is 7.24. The van der Waals surface area contributed by atoms with Crippen molar-refractivity contribution in [2.75, 3.05) is 12.4 Å². The molecule has 0 fully saturated rings. The molecule has 1 aliphatic rings. The predicted octanol–water partition coefficient (Wildman–Crippen LogP) is 3.76. The van der Waals surface area contributed by atoms with Gasteiger partial charge in [-0.3, -0.25) is 4.72 Å². The highest BCUT2D eigenvalue weighted by atomic mass is 35.5. The topological polar surface area (TPSA) is 65.9 Å². The quantitative estimate of drug-likeness (QED) is 0.735. The van der Waals surface area contributed by atoms with Crippen LogP contribution in [0, 0.1) is 0 Å². The van der Waals surface area contributed by atoms with Gasteiger partial charge in [0.2, 0.25) is 5.96 Å². The van der Waals surface area contributed by atoms with E-state index >= 15 is 0 Å². The first-order valence-electron chi connectivity index (χ1n) is 6.11. The number of phenolic OH excluding ortho intramolecular Hbond substituents is 1. The van der Waals surface area contributed by atoms with Crippen LogP contribution in [0.1, 0.15) is 0 Å². The Hall–Kier alpha value is -2.05. The van der Waals surface area contributed by atoms with Gasteiger partial charge in [0.15, 0.2) is 0 Å². The monoisotopic (exact) mass is 321 g/mol. The summed E-state index contributed by atoms with van der Waals surface area (Å²) in [6, 6.07) is 10.7. The molecule has 0 unspecified atom stereocenters. The minimum Gasteiger partial charge on any atom is -0.506 e. The van der Waals surface area contributed by atoms with Crippen LogP contribution in [0.25, 0.3) is 0 Å². The van der Waals surface area contributed by atoms with Crippen molar-refractivity contribution >= 4 is 40.9 Å². The number of anilines is 1. The first-order valence-corrected chi connectivity index (χ1v) is 7.30. The van der Waals surface area contributed by atoms with Gasteiger partial charge < -0.3 is 15.2 Å². The summed E-state index contributed by atoms with van der Waals surface area (Å²) in [5.41, 5.74) is 1.33. The van der Waals surface area contributed by atoms with Crippen LogP contribution in [0.2, 0.25) is 5.02 Å². The zero-order valence-corrected chi connectivity index (χ0v) is 12.6. The number of ether oxygens (including phenoxy) is 1. The number of hydrogen-bond acceptors (Lipinski definition) is 6. The van der Waals surface area contributed by atoms with Gasteiger partial charge in [-0.1, -0.05) is 17.7 Å². The summed E-state index contributed by atoms with van der Waals surface area (Å²) in [5.74, 6) is 1.33. The van der Waals surface area contributed by atoms with Crippen LogP contribution in [0.15, 0.2) is 46.3 Å². The van der Waals surface area contributed by atoms with E-state index in [-0.39, 0.29) is 5.75 Å². The number of fused-ring (bicyclic) bond motifs is 1. The van der Waals surface area contributed by atoms with Crippen molar-refractivity contribution in [2.45, 2.75) is 4.90 Å². The van der Waals surface area contributed by atoms with E-state index in [0.29, 0.717) is 16.7 Å². The van der Waals surface area contributed by atoms with Gasteiger partial charge in [0.05, 0.1) is 12.0 Å². The van der Waals surface area contributed by atoms with Crippen LogP contribution >= 0.6 is 23.5 Å². The summed E-state index contributed by atoms with van der Waals surface area (Å²) < 4.78 is 8.23. The third-order valence-electron chi connectivity index (χ3n) is 2.83. The molecule has 2 aromatic rings. The highest BCUT2D eigenvalue weighted by Crippen LogP contribution is 2.41. The van der Waals surface area contributed by atoms with E-state index in [1.807, 2.05) is 24.3 Å². The lowest BCUT2D eigenvalue weighted by Gasteiger charge is -2.18. The smallest absolute Gasteiger partial charge is 0.211 e. The summed E-state index contributed by atoms with van der Waals surface area (Å²) in [4.78, 5) is 5.14. The average molecular weight is 322 g/mol. The third-order valence-corrected chi connectivity index (χ3v) is 3.88. The number of hydrogen-bond donors (Lipinski definition) is 3. The molecule has 0 spiro atoms. The first-order chi connectivity index (χ1) is 10.2. The minimum atomic E-state index is 0.0523. The second-order valence-corrected chi connectivity index (χ2v) is 5.58. The second kappa shape index (κ2) is 5.75. The number of phenols is 1. The van der Waals surface area contributed by atoms with Crippen molar-refractivity contribution in [3.8, 4) is 11.5 Å². The molecule has 5 nitrogen and oxygen atoms in total. The van der Waals surface area contributed by atoms with Gasteiger partial charge in [0, 0.05) is 22.8 Å². The Bertz CT molecular complexity index is 721. The Morgan fingerprint density at radius 2 is 2.19 bits per heavy atom. The summed E-state index contributed by atoms with van der Waals surface area (Å²) in [5, 5.41) is 13.5. The van der Waals surface area contributed by atoms with Crippen molar-refractivity contribution in [3.05, 3.63) is 41.4 Å². The molecule has 1 aliphatic heterocycles. The summed E-state index contributed by atoms with van der Waals surface area (Å²) in [6.07, 6.45) is 0. The lowest BCUT2D eigenvalue weighted by atomic mass is 10.3. The minimum absolute atomic E-state index is 0.0523. The van der Waals surface area contributed by atoms with Gasteiger partial charge >= 0.3 is 0 Å². The van der Waals surface area contributed by atoms with Crippen molar-refractivity contribution < 1.29 is 9.84 Å². The molecule has 3 rings (SSSR count). The number of guanidine groups is 1. The van der Waals surface area contributed by atoms with Crippen LogP contribution < -0.4 is 14.8 Å². The van der Waals surface area contributed by atoms with Gasteiger partial charge in [-0.25, -0.2) is 4.99 Å². The fourth-order valence-electron chi connectivity index (χ4n) is 1.88. The normalized spacial score (nSPS) is 13.0. The number of benzene rings is 2. The molecule has 21 heavy (non-hydrogen) atoms. The largest absolute Gasteiger partial charge is 0.506 e. The van der Waals surface area contributed by atoms with Crippen LogP contribution in [-0.4, -0.2) is 18.2 Å². The van der Waals surface area contributed by atoms with Crippen LogP contribution in [-0.2, 0) is 0 Å². The second-order valence-electron chi connectivity index (χ2n) is 4.29. The molecule has 1 heterocycles. The summed E-state index contributed by atoms with van der Waals surface area (Å²) in [6.45, 7) is 0. The molecule has 3 N–H and O–H groups in total. The predicted molar refractivity (Wildman–Crippen MR) is 85.8 cm³/mol. The molecule has 108 valence electrons. The van der Waals surface area contributed by atoms with E-state index in [4.69, 9.17) is 16.3 Å². The van der Waals surface area contributed by atoms with Crippen LogP contribution in [0.3, 0.4) is 0 Å². The van der Waals surface area contributed by atoms with E-state index in [2.05, 4.69) is 15.0 Å². The number of methoxy groups -OCH3 is 1. The maximum Gasteiger partial charge on any atom is 0.211 e. The zero-order valence-electron chi connectivity index (χ0n) is 11.1. The Balaban J connectivity index is 1.88. The number of aromatic hydroxyl groups is 1. The number of aliphatic imine (C=N–C) groups is 1. The fraction of sp³-hybridized carbons (Fsp3) is 0.0714. The molecule has 0 radical (unpaired) electrons. The molecule has 7 heteroatoms. The van der Waals surface area contributed by atoms with Gasteiger partial charge in [-0.2, -0.15) is 0 Å². The molecule has 0 aromatic heterocycles. The molecule has 0 saturated carbocycles. The molecule has 0 aliphatic carbocycles. The van der Waals surface area contributed by atoms with Crippen molar-refractivity contribution in [3.63, 3.8) is 0 Å².